The van der Waals surface area contributed by atoms with Gasteiger partial charge in [0.05, 0.1) is 6.54 Å². The quantitative estimate of drug-likeness (QED) is 0.823. The number of rotatable bonds is 3. The van der Waals surface area contributed by atoms with Crippen molar-refractivity contribution in [3.63, 3.8) is 0 Å². The number of hydrogen-bond donors (Lipinski definition) is 1. The average Bonchev–Trinajstić information content (AvgIpc) is 2.89. The highest BCUT2D eigenvalue weighted by atomic mass is 35.5. The third kappa shape index (κ3) is 4.02. The van der Waals surface area contributed by atoms with Gasteiger partial charge in [-0.05, 0) is 32.9 Å². The molecule has 0 saturated carbocycles. The maximum atomic E-state index is 14.3. The maximum absolute atomic E-state index is 14.3. The third-order valence-electron chi connectivity index (χ3n) is 3.39. The number of halogens is 2. The first kappa shape index (κ1) is 19.0. The summed E-state index contributed by atoms with van der Waals surface area (Å²) in [6, 6.07) is 3.48. The van der Waals surface area contributed by atoms with E-state index in [2.05, 4.69) is 0 Å². The first-order valence-electron chi connectivity index (χ1n) is 7.45. The van der Waals surface area contributed by atoms with Gasteiger partial charge in [-0.2, -0.15) is 0 Å². The minimum Gasteiger partial charge on any atom is -0.458 e. The lowest BCUT2D eigenvalue weighted by molar-refractivity contribution is -0.163. The first-order chi connectivity index (χ1) is 11.2. The van der Waals surface area contributed by atoms with Gasteiger partial charge in [-0.15, -0.1) is 11.8 Å². The van der Waals surface area contributed by atoms with E-state index >= 15 is 0 Å². The van der Waals surface area contributed by atoms with Crippen molar-refractivity contribution in [2.45, 2.75) is 37.8 Å². The van der Waals surface area contributed by atoms with Gasteiger partial charge in [0, 0.05) is 16.3 Å². The van der Waals surface area contributed by atoms with E-state index < -0.39 is 34.7 Å². The highest BCUT2D eigenvalue weighted by molar-refractivity contribution is 7.99. The Hall–Kier alpha value is -1.31. The lowest BCUT2D eigenvalue weighted by Crippen LogP contribution is -2.47. The van der Waals surface area contributed by atoms with Gasteiger partial charge < -0.3 is 15.4 Å². The summed E-state index contributed by atoms with van der Waals surface area (Å²) in [7, 11) is 0. The molecule has 2 rings (SSSR count). The fourth-order valence-electron chi connectivity index (χ4n) is 2.44. The zero-order valence-corrected chi connectivity index (χ0v) is 15.3. The second-order valence-corrected chi connectivity index (χ2v) is 7.90. The molecule has 1 heterocycles. The predicted molar refractivity (Wildman–Crippen MR) is 92.1 cm³/mol. The molecule has 2 N–H and O–H groups in total. The highest BCUT2D eigenvalue weighted by Crippen LogP contribution is 2.45. The molecule has 0 radical (unpaired) electrons. The maximum Gasteiger partial charge on any atom is 0.330 e. The van der Waals surface area contributed by atoms with E-state index in [0.29, 0.717) is 0 Å². The van der Waals surface area contributed by atoms with Crippen LogP contribution >= 0.6 is 23.4 Å². The number of esters is 1. The van der Waals surface area contributed by atoms with E-state index in [-0.39, 0.29) is 22.9 Å². The number of ether oxygens (including phenoxy) is 1. The van der Waals surface area contributed by atoms with Crippen molar-refractivity contribution in [2.75, 3.05) is 12.3 Å². The Bertz CT molecular complexity index is 630. The summed E-state index contributed by atoms with van der Waals surface area (Å²) in [6.07, 6.45) is 0. The van der Waals surface area contributed by atoms with E-state index in [1.165, 1.54) is 28.8 Å². The second kappa shape index (κ2) is 7.29. The van der Waals surface area contributed by atoms with E-state index in [1.54, 1.807) is 26.8 Å². The van der Waals surface area contributed by atoms with Crippen LogP contribution in [-0.2, 0) is 14.3 Å². The van der Waals surface area contributed by atoms with Crippen LogP contribution in [0.1, 0.15) is 31.7 Å². The molecule has 1 aliphatic heterocycles. The summed E-state index contributed by atoms with van der Waals surface area (Å²) in [4.78, 5) is 26.0. The normalized spacial score (nSPS) is 21.0. The molecule has 1 aromatic rings. The van der Waals surface area contributed by atoms with Crippen LogP contribution < -0.4 is 5.73 Å². The van der Waals surface area contributed by atoms with Crippen molar-refractivity contribution in [1.29, 1.82) is 0 Å². The Balaban J connectivity index is 2.37. The van der Waals surface area contributed by atoms with E-state index in [0.717, 1.165) is 0 Å². The lowest BCUT2D eigenvalue weighted by Gasteiger charge is -2.30. The molecule has 2 atom stereocenters. The number of nitrogens with zero attached hydrogens (tertiary/aromatic N) is 1. The predicted octanol–water partition coefficient (Wildman–Crippen LogP) is 2.72. The number of carbonyl (C=O) groups excluding carboxylic acids is 2. The number of benzene rings is 1. The summed E-state index contributed by atoms with van der Waals surface area (Å²) >= 11 is 7.38. The number of hydrogen-bond acceptors (Lipinski definition) is 5. The fraction of sp³-hybridized carbons (Fsp3) is 0.500. The van der Waals surface area contributed by atoms with Crippen LogP contribution in [-0.4, -0.2) is 40.7 Å². The van der Waals surface area contributed by atoms with Gasteiger partial charge in [0.2, 0.25) is 5.91 Å². The molecule has 0 bridgehead atoms. The van der Waals surface area contributed by atoms with Crippen molar-refractivity contribution >= 4 is 35.2 Å². The SMILES string of the molecule is CC(C)(C)OC(=O)[C@@H]1CS[C@H](c2c(F)cccc2Cl)N1C(=O)CN. The Morgan fingerprint density at radius 3 is 2.67 bits per heavy atom. The van der Waals surface area contributed by atoms with Gasteiger partial charge in [-0.25, -0.2) is 9.18 Å². The topological polar surface area (TPSA) is 72.6 Å². The Morgan fingerprint density at radius 2 is 2.12 bits per heavy atom. The van der Waals surface area contributed by atoms with E-state index in [1.807, 2.05) is 0 Å². The summed E-state index contributed by atoms with van der Waals surface area (Å²) in [5, 5.41) is -0.514. The van der Waals surface area contributed by atoms with Gasteiger partial charge >= 0.3 is 5.97 Å². The van der Waals surface area contributed by atoms with E-state index in [4.69, 9.17) is 22.1 Å². The zero-order valence-electron chi connectivity index (χ0n) is 13.7. The van der Waals surface area contributed by atoms with E-state index in [9.17, 15) is 14.0 Å². The van der Waals surface area contributed by atoms with Crippen molar-refractivity contribution in [1.82, 2.24) is 4.90 Å². The Kier molecular flexibility index (Phi) is 5.78. The van der Waals surface area contributed by atoms with Crippen molar-refractivity contribution < 1.29 is 18.7 Å². The summed E-state index contributed by atoms with van der Waals surface area (Å²) in [5.41, 5.74) is 4.97. The molecular formula is C16H20ClFN2O3S. The van der Waals surface area contributed by atoms with Gasteiger partial charge in [0.25, 0.3) is 0 Å². The molecule has 1 amide bonds. The second-order valence-electron chi connectivity index (χ2n) is 6.38. The monoisotopic (exact) mass is 374 g/mol. The van der Waals surface area contributed by atoms with Crippen LogP contribution in [0, 0.1) is 5.82 Å². The van der Waals surface area contributed by atoms with Gasteiger partial charge in [-0.1, -0.05) is 17.7 Å². The molecule has 0 unspecified atom stereocenters. The number of nitrogens with two attached hydrogens (primary N) is 1. The number of carbonyl (C=O) groups is 2. The van der Waals surface area contributed by atoms with Gasteiger partial charge in [-0.3, -0.25) is 4.79 Å². The first-order valence-corrected chi connectivity index (χ1v) is 8.88. The van der Waals surface area contributed by atoms with Gasteiger partial charge in [0.15, 0.2) is 0 Å². The van der Waals surface area contributed by atoms with Crippen LogP contribution in [0.4, 0.5) is 4.39 Å². The van der Waals surface area contributed by atoms with Crippen LogP contribution in [0.5, 0.6) is 0 Å². The molecule has 0 spiro atoms. The van der Waals surface area contributed by atoms with Crippen LogP contribution in [0.3, 0.4) is 0 Å². The molecule has 24 heavy (non-hydrogen) atoms. The molecule has 1 aromatic carbocycles. The zero-order chi connectivity index (χ0) is 18.1. The smallest absolute Gasteiger partial charge is 0.330 e. The fourth-order valence-corrected chi connectivity index (χ4v) is 4.26. The van der Waals surface area contributed by atoms with Gasteiger partial charge in [0.1, 0.15) is 22.8 Å². The number of amides is 1. The minimum absolute atomic E-state index is 0.178. The molecule has 1 saturated heterocycles. The molecule has 1 fully saturated rings. The molecule has 5 nitrogen and oxygen atoms in total. The average molecular weight is 375 g/mol. The minimum atomic E-state index is -0.828. The van der Waals surface area contributed by atoms with Crippen LogP contribution in [0.15, 0.2) is 18.2 Å². The molecular weight excluding hydrogens is 355 g/mol. The molecule has 8 heteroatoms. The molecule has 1 aliphatic rings. The van der Waals surface area contributed by atoms with Crippen molar-refractivity contribution in [3.8, 4) is 0 Å². The van der Waals surface area contributed by atoms with Crippen LogP contribution in [0.2, 0.25) is 5.02 Å². The Labute approximate surface area is 149 Å². The molecule has 0 aliphatic carbocycles. The Morgan fingerprint density at radius 1 is 1.46 bits per heavy atom. The highest BCUT2D eigenvalue weighted by Gasteiger charge is 2.45. The summed E-state index contributed by atoms with van der Waals surface area (Å²) in [6.45, 7) is 4.94. The lowest BCUT2D eigenvalue weighted by atomic mass is 10.1. The summed E-state index contributed by atoms with van der Waals surface area (Å²) in [5.74, 6) is -1.23. The largest absolute Gasteiger partial charge is 0.458 e. The van der Waals surface area contributed by atoms with Crippen LogP contribution in [0.25, 0.3) is 0 Å². The summed E-state index contributed by atoms with van der Waals surface area (Å²) < 4.78 is 19.6. The molecule has 132 valence electrons. The van der Waals surface area contributed by atoms with Crippen molar-refractivity contribution in [3.05, 3.63) is 34.6 Å². The third-order valence-corrected chi connectivity index (χ3v) is 5.00. The van der Waals surface area contributed by atoms with Crippen molar-refractivity contribution in [2.24, 2.45) is 5.73 Å². The number of thioether (sulfide) groups is 1. The standard InChI is InChI=1S/C16H20ClFN2O3S/c1-16(2,3)23-15(22)11-8-24-14(20(11)12(21)7-19)13-9(17)5-4-6-10(13)18/h4-6,11,14H,7-8,19H2,1-3H3/t11-,14+/m0/s1. The molecule has 0 aromatic heterocycles.